The molecule has 0 aliphatic carbocycles. The Balaban J connectivity index is 2.33. The summed E-state index contributed by atoms with van der Waals surface area (Å²) >= 11 is 0. The Kier molecular flexibility index (Phi) is 7.05. The van der Waals surface area contributed by atoms with Gasteiger partial charge in [-0.15, -0.1) is 0 Å². The molecule has 0 radical (unpaired) electrons. The highest BCUT2D eigenvalue weighted by molar-refractivity contribution is 5.24. The van der Waals surface area contributed by atoms with Crippen LogP contribution in [0.3, 0.4) is 0 Å². The Labute approximate surface area is 110 Å². The van der Waals surface area contributed by atoms with Crippen LogP contribution in [-0.2, 0) is 11.3 Å². The van der Waals surface area contributed by atoms with Crippen LogP contribution in [0.25, 0.3) is 0 Å². The highest BCUT2D eigenvalue weighted by Crippen LogP contribution is 2.14. The molecule has 1 atom stereocenters. The van der Waals surface area contributed by atoms with Crippen molar-refractivity contribution in [2.45, 2.75) is 46.1 Å². The zero-order chi connectivity index (χ0) is 13.2. The van der Waals surface area contributed by atoms with Crippen molar-refractivity contribution in [3.8, 4) is 6.07 Å². The molecule has 0 amide bonds. The SMILES string of the molecule is CCCCC(CC)COCc1ccnc(C#N)c1. The Bertz CT molecular complexity index is 384. The molecule has 1 aromatic rings. The highest BCUT2D eigenvalue weighted by Gasteiger charge is 2.06. The third-order valence-electron chi connectivity index (χ3n) is 3.10. The van der Waals surface area contributed by atoms with E-state index in [0.717, 1.165) is 12.2 Å². The Morgan fingerprint density at radius 1 is 1.44 bits per heavy atom. The zero-order valence-corrected chi connectivity index (χ0v) is 11.4. The van der Waals surface area contributed by atoms with Gasteiger partial charge in [0.2, 0.25) is 0 Å². The van der Waals surface area contributed by atoms with Crippen LogP contribution < -0.4 is 0 Å². The van der Waals surface area contributed by atoms with Crippen LogP contribution in [0.2, 0.25) is 0 Å². The largest absolute Gasteiger partial charge is 0.376 e. The predicted octanol–water partition coefficient (Wildman–Crippen LogP) is 3.69. The van der Waals surface area contributed by atoms with E-state index in [1.54, 1.807) is 12.3 Å². The molecule has 98 valence electrons. The van der Waals surface area contributed by atoms with Gasteiger partial charge in [-0.3, -0.25) is 0 Å². The monoisotopic (exact) mass is 246 g/mol. The van der Waals surface area contributed by atoms with E-state index in [1.807, 2.05) is 12.1 Å². The van der Waals surface area contributed by atoms with E-state index in [0.29, 0.717) is 18.2 Å². The summed E-state index contributed by atoms with van der Waals surface area (Å²) in [6.45, 7) is 5.80. The quantitative estimate of drug-likeness (QED) is 0.702. The van der Waals surface area contributed by atoms with Crippen LogP contribution >= 0.6 is 0 Å². The summed E-state index contributed by atoms with van der Waals surface area (Å²) in [6.07, 6.45) is 6.58. The molecule has 3 heteroatoms. The second-order valence-electron chi connectivity index (χ2n) is 4.59. The maximum atomic E-state index is 8.76. The van der Waals surface area contributed by atoms with Crippen LogP contribution in [0.15, 0.2) is 18.3 Å². The molecule has 0 saturated carbocycles. The Hall–Kier alpha value is -1.40. The van der Waals surface area contributed by atoms with Crippen molar-refractivity contribution in [3.63, 3.8) is 0 Å². The molecule has 1 aromatic heterocycles. The summed E-state index contributed by atoms with van der Waals surface area (Å²) in [6, 6.07) is 5.72. The lowest BCUT2D eigenvalue weighted by Gasteiger charge is -2.14. The molecule has 0 aliphatic rings. The minimum atomic E-state index is 0.453. The number of hydrogen-bond donors (Lipinski definition) is 0. The fourth-order valence-electron chi connectivity index (χ4n) is 1.87. The Morgan fingerprint density at radius 3 is 2.94 bits per heavy atom. The fraction of sp³-hybridized carbons (Fsp3) is 0.600. The first-order chi connectivity index (χ1) is 8.80. The fourth-order valence-corrected chi connectivity index (χ4v) is 1.87. The van der Waals surface area contributed by atoms with Gasteiger partial charge in [-0.2, -0.15) is 5.26 Å². The van der Waals surface area contributed by atoms with Crippen molar-refractivity contribution in [1.82, 2.24) is 4.98 Å². The van der Waals surface area contributed by atoms with E-state index in [2.05, 4.69) is 18.8 Å². The van der Waals surface area contributed by atoms with Gasteiger partial charge >= 0.3 is 0 Å². The molecule has 1 heterocycles. The van der Waals surface area contributed by atoms with Gasteiger partial charge in [-0.25, -0.2) is 4.98 Å². The third kappa shape index (κ3) is 5.29. The minimum Gasteiger partial charge on any atom is -0.376 e. The van der Waals surface area contributed by atoms with Gasteiger partial charge in [-0.05, 0) is 30.0 Å². The average molecular weight is 246 g/mol. The number of nitrogens with zero attached hydrogens (tertiary/aromatic N) is 2. The molecule has 3 nitrogen and oxygen atoms in total. The molecule has 0 spiro atoms. The number of rotatable bonds is 8. The van der Waals surface area contributed by atoms with Crippen molar-refractivity contribution < 1.29 is 4.74 Å². The number of pyridine rings is 1. The lowest BCUT2D eigenvalue weighted by atomic mass is 10.0. The average Bonchev–Trinajstić information content (AvgIpc) is 2.43. The van der Waals surface area contributed by atoms with Gasteiger partial charge in [-0.1, -0.05) is 33.1 Å². The van der Waals surface area contributed by atoms with Crippen molar-refractivity contribution in [2.24, 2.45) is 5.92 Å². The zero-order valence-electron chi connectivity index (χ0n) is 11.4. The summed E-state index contributed by atoms with van der Waals surface area (Å²) in [5, 5.41) is 8.76. The molecular weight excluding hydrogens is 224 g/mol. The number of nitriles is 1. The molecule has 0 saturated heterocycles. The molecule has 1 unspecified atom stereocenters. The van der Waals surface area contributed by atoms with Gasteiger partial charge in [0.05, 0.1) is 6.61 Å². The van der Waals surface area contributed by atoms with Crippen LogP contribution in [-0.4, -0.2) is 11.6 Å². The van der Waals surface area contributed by atoms with Crippen LogP contribution in [0.1, 0.15) is 50.8 Å². The summed E-state index contributed by atoms with van der Waals surface area (Å²) in [4.78, 5) is 3.94. The third-order valence-corrected chi connectivity index (χ3v) is 3.10. The van der Waals surface area contributed by atoms with E-state index in [9.17, 15) is 0 Å². The highest BCUT2D eigenvalue weighted by atomic mass is 16.5. The standard InChI is InChI=1S/C15H22N2O/c1-3-5-6-13(4-2)11-18-12-14-7-8-17-15(9-14)10-16/h7-9,13H,3-6,11-12H2,1-2H3. The van der Waals surface area contributed by atoms with E-state index < -0.39 is 0 Å². The Morgan fingerprint density at radius 2 is 2.28 bits per heavy atom. The second-order valence-corrected chi connectivity index (χ2v) is 4.59. The van der Waals surface area contributed by atoms with E-state index in [1.165, 1.54) is 25.7 Å². The molecule has 0 N–H and O–H groups in total. The van der Waals surface area contributed by atoms with Crippen molar-refractivity contribution in [2.75, 3.05) is 6.61 Å². The van der Waals surface area contributed by atoms with Crippen molar-refractivity contribution in [1.29, 1.82) is 5.26 Å². The first kappa shape index (κ1) is 14.7. The smallest absolute Gasteiger partial charge is 0.140 e. The summed E-state index contributed by atoms with van der Waals surface area (Å²) in [5.41, 5.74) is 1.47. The summed E-state index contributed by atoms with van der Waals surface area (Å²) in [7, 11) is 0. The molecule has 0 fully saturated rings. The molecule has 18 heavy (non-hydrogen) atoms. The molecule has 1 rings (SSSR count). The maximum absolute atomic E-state index is 8.76. The van der Waals surface area contributed by atoms with Crippen molar-refractivity contribution in [3.05, 3.63) is 29.6 Å². The second kappa shape index (κ2) is 8.66. The lowest BCUT2D eigenvalue weighted by molar-refractivity contribution is 0.0819. The van der Waals surface area contributed by atoms with Gasteiger partial charge < -0.3 is 4.74 Å². The summed E-state index contributed by atoms with van der Waals surface area (Å²) < 4.78 is 5.73. The van der Waals surface area contributed by atoms with Gasteiger partial charge in [0.15, 0.2) is 0 Å². The molecule has 0 aliphatic heterocycles. The maximum Gasteiger partial charge on any atom is 0.140 e. The van der Waals surface area contributed by atoms with Crippen molar-refractivity contribution >= 4 is 0 Å². The summed E-state index contributed by atoms with van der Waals surface area (Å²) in [5.74, 6) is 0.655. The lowest BCUT2D eigenvalue weighted by Crippen LogP contribution is -2.09. The topological polar surface area (TPSA) is 45.9 Å². The number of hydrogen-bond acceptors (Lipinski definition) is 3. The number of aromatic nitrogens is 1. The normalized spacial score (nSPS) is 12.1. The number of ether oxygens (including phenoxy) is 1. The van der Waals surface area contributed by atoms with Crippen LogP contribution in [0.5, 0.6) is 0 Å². The van der Waals surface area contributed by atoms with E-state index in [4.69, 9.17) is 10.00 Å². The molecular formula is C15H22N2O. The number of unbranched alkanes of at least 4 members (excludes halogenated alkanes) is 1. The minimum absolute atomic E-state index is 0.453. The van der Waals surface area contributed by atoms with Gasteiger partial charge in [0.1, 0.15) is 11.8 Å². The van der Waals surface area contributed by atoms with Crippen LogP contribution in [0, 0.1) is 17.2 Å². The van der Waals surface area contributed by atoms with E-state index in [-0.39, 0.29) is 0 Å². The van der Waals surface area contributed by atoms with Crippen LogP contribution in [0.4, 0.5) is 0 Å². The molecule has 0 aromatic carbocycles. The van der Waals surface area contributed by atoms with E-state index >= 15 is 0 Å². The first-order valence-corrected chi connectivity index (χ1v) is 6.72. The van der Waals surface area contributed by atoms with Gasteiger partial charge in [0, 0.05) is 12.8 Å². The van der Waals surface area contributed by atoms with Gasteiger partial charge in [0.25, 0.3) is 0 Å². The predicted molar refractivity (Wildman–Crippen MR) is 71.9 cm³/mol. The first-order valence-electron chi connectivity index (χ1n) is 6.72. The molecule has 0 bridgehead atoms.